The molecule has 2 unspecified atom stereocenters. The third kappa shape index (κ3) is 2.38. The van der Waals surface area contributed by atoms with Crippen molar-refractivity contribution in [2.45, 2.75) is 32.1 Å². The van der Waals surface area contributed by atoms with E-state index in [1.54, 1.807) is 0 Å². The van der Waals surface area contributed by atoms with Crippen LogP contribution in [-0.2, 0) is 4.79 Å². The molecule has 0 bridgehead atoms. The summed E-state index contributed by atoms with van der Waals surface area (Å²) in [6.45, 7) is 2.02. The van der Waals surface area contributed by atoms with E-state index in [9.17, 15) is 9.59 Å². The zero-order valence-corrected chi connectivity index (χ0v) is 14.1. The van der Waals surface area contributed by atoms with Crippen molar-refractivity contribution in [3.05, 3.63) is 56.1 Å². The van der Waals surface area contributed by atoms with Gasteiger partial charge in [-0.2, -0.15) is 0 Å². The summed E-state index contributed by atoms with van der Waals surface area (Å²) in [5.74, 6) is 0.00396. The molecule has 1 aliphatic carbocycles. The Morgan fingerprint density at radius 1 is 1.08 bits per heavy atom. The van der Waals surface area contributed by atoms with Crippen molar-refractivity contribution in [2.75, 3.05) is 0 Å². The first kappa shape index (κ1) is 15.2. The number of hydrogen-bond acceptors (Lipinski definition) is 4. The maximum absolute atomic E-state index is 12.6. The number of carbonyl (C=O) groups excluding carboxylic acids is 1. The Hall–Kier alpha value is -2.34. The number of rotatable bonds is 1. The van der Waals surface area contributed by atoms with Gasteiger partial charge in [0.1, 0.15) is 11.6 Å². The molecule has 1 saturated carbocycles. The highest BCUT2D eigenvalue weighted by molar-refractivity contribution is 7.71. The fraction of sp³-hybridized carbons (Fsp3) is 0.333. The van der Waals surface area contributed by atoms with Crippen LogP contribution in [0.1, 0.15) is 41.9 Å². The lowest BCUT2D eigenvalue weighted by Gasteiger charge is -2.34. The second-order valence-corrected chi connectivity index (χ2v) is 6.87. The van der Waals surface area contributed by atoms with Crippen LogP contribution in [0.3, 0.4) is 0 Å². The molecule has 2 heterocycles. The molecule has 5 nitrogen and oxygen atoms in total. The summed E-state index contributed by atoms with van der Waals surface area (Å²) in [6, 6.07) is 8.01. The van der Waals surface area contributed by atoms with E-state index >= 15 is 0 Å². The lowest BCUT2D eigenvalue weighted by atomic mass is 9.70. The van der Waals surface area contributed by atoms with E-state index in [1.165, 1.54) is 0 Å². The zero-order valence-electron chi connectivity index (χ0n) is 13.3. The average molecular weight is 339 g/mol. The fourth-order valence-electron chi connectivity index (χ4n) is 3.75. The number of ketones is 1. The Morgan fingerprint density at radius 2 is 1.83 bits per heavy atom. The first-order valence-electron chi connectivity index (χ1n) is 8.08. The number of carbonyl (C=O) groups is 1. The fourth-order valence-corrected chi connectivity index (χ4v) is 3.94. The van der Waals surface area contributed by atoms with Gasteiger partial charge in [0.25, 0.3) is 5.56 Å². The molecule has 2 aliphatic rings. The van der Waals surface area contributed by atoms with E-state index in [0.717, 1.165) is 29.7 Å². The normalized spacial score (nSPS) is 22.5. The summed E-state index contributed by atoms with van der Waals surface area (Å²) in [4.78, 5) is 35.5. The van der Waals surface area contributed by atoms with Crippen molar-refractivity contribution >= 4 is 29.5 Å². The maximum atomic E-state index is 12.6. The van der Waals surface area contributed by atoms with Gasteiger partial charge in [0.2, 0.25) is 0 Å². The van der Waals surface area contributed by atoms with E-state index in [4.69, 9.17) is 12.2 Å². The van der Waals surface area contributed by atoms with Gasteiger partial charge >= 0.3 is 0 Å². The minimum atomic E-state index is -0.348. The number of nitrogens with one attached hydrogen (secondary N) is 2. The van der Waals surface area contributed by atoms with E-state index < -0.39 is 0 Å². The molecule has 1 aromatic heterocycles. The topological polar surface area (TPSA) is 78.1 Å². The second-order valence-electron chi connectivity index (χ2n) is 6.46. The zero-order chi connectivity index (χ0) is 16.8. The highest BCUT2D eigenvalue weighted by Crippen LogP contribution is 2.43. The number of hydrogen-bond donors (Lipinski definition) is 2. The molecule has 0 amide bonds. The molecule has 1 aromatic carbocycles. The summed E-state index contributed by atoms with van der Waals surface area (Å²) < 4.78 is 0.256. The van der Waals surface area contributed by atoms with E-state index in [1.807, 2.05) is 31.2 Å². The second kappa shape index (κ2) is 5.63. The van der Waals surface area contributed by atoms with Gasteiger partial charge in [0, 0.05) is 18.1 Å². The van der Waals surface area contributed by atoms with Crippen molar-refractivity contribution in [1.82, 2.24) is 9.97 Å². The van der Waals surface area contributed by atoms with Crippen LogP contribution < -0.4 is 5.56 Å². The van der Waals surface area contributed by atoms with Gasteiger partial charge in [0.05, 0.1) is 11.5 Å². The first-order chi connectivity index (χ1) is 11.5. The minimum absolute atomic E-state index is 0.165. The Labute approximate surface area is 143 Å². The molecule has 2 N–H and O–H groups in total. The number of fused-ring (bicyclic) bond motifs is 2. The van der Waals surface area contributed by atoms with Crippen LogP contribution in [0.5, 0.6) is 0 Å². The Morgan fingerprint density at radius 3 is 2.58 bits per heavy atom. The van der Waals surface area contributed by atoms with Gasteiger partial charge in [-0.05, 0) is 37.5 Å². The number of aliphatic imine (C=N–C) groups is 1. The summed E-state index contributed by atoms with van der Waals surface area (Å²) in [6.07, 6.45) is 2.14. The van der Waals surface area contributed by atoms with E-state index in [-0.39, 0.29) is 27.9 Å². The number of H-pyrrole nitrogens is 2. The maximum Gasteiger partial charge on any atom is 0.257 e. The SMILES string of the molecule is Cc1ccc(C2c3c([nH]c(=S)[nH]c3=O)N=C3CCCC(=O)C32)cc1. The number of aromatic nitrogens is 2. The predicted octanol–water partition coefficient (Wildman–Crippen LogP) is 3.33. The van der Waals surface area contributed by atoms with Crippen LogP contribution in [0.15, 0.2) is 34.1 Å². The van der Waals surface area contributed by atoms with Crippen LogP contribution >= 0.6 is 12.2 Å². The van der Waals surface area contributed by atoms with Gasteiger partial charge in [-0.3, -0.25) is 14.6 Å². The van der Waals surface area contributed by atoms with Crippen LogP contribution in [-0.4, -0.2) is 21.5 Å². The van der Waals surface area contributed by atoms with Crippen molar-refractivity contribution in [3.63, 3.8) is 0 Å². The molecule has 0 radical (unpaired) electrons. The van der Waals surface area contributed by atoms with Crippen LogP contribution in [0.2, 0.25) is 0 Å². The third-order valence-corrected chi connectivity index (χ3v) is 5.06. The number of aryl methyl sites for hydroxylation is 1. The molecular weight excluding hydrogens is 322 g/mol. The summed E-state index contributed by atoms with van der Waals surface area (Å²) in [5.41, 5.74) is 3.21. The standard InChI is InChI=1S/C18H17N3O2S/c1-9-5-7-10(8-6-9)13-14-11(3-2-4-12(14)22)19-16-15(13)17(23)21-18(24)20-16/h5-8,13-14H,2-4H2,1H3,(H2,20,21,23,24). The number of nitrogens with zero attached hydrogens (tertiary/aromatic N) is 1. The van der Waals surface area contributed by atoms with E-state index in [0.29, 0.717) is 17.8 Å². The van der Waals surface area contributed by atoms with Crippen molar-refractivity contribution in [2.24, 2.45) is 10.9 Å². The Kier molecular flexibility index (Phi) is 3.57. The molecule has 0 saturated heterocycles. The Balaban J connectivity index is 2.00. The number of Topliss-reactive ketones (excluding diaryl/α,β-unsaturated/α-hetero) is 1. The lowest BCUT2D eigenvalue weighted by molar-refractivity contribution is -0.121. The Bertz CT molecular complexity index is 969. The molecule has 4 rings (SSSR count). The van der Waals surface area contributed by atoms with Gasteiger partial charge in [-0.25, -0.2) is 4.99 Å². The third-order valence-electron chi connectivity index (χ3n) is 4.86. The lowest BCUT2D eigenvalue weighted by Crippen LogP contribution is -2.39. The molecule has 0 spiro atoms. The number of benzene rings is 1. The largest absolute Gasteiger partial charge is 0.317 e. The molecule has 122 valence electrons. The van der Waals surface area contributed by atoms with Gasteiger partial charge < -0.3 is 4.98 Å². The van der Waals surface area contributed by atoms with Crippen molar-refractivity contribution in [1.29, 1.82) is 0 Å². The van der Waals surface area contributed by atoms with Gasteiger partial charge in [0.15, 0.2) is 4.77 Å². The molecule has 2 aromatic rings. The summed E-state index contributed by atoms with van der Waals surface area (Å²) in [7, 11) is 0. The average Bonchev–Trinajstić information content (AvgIpc) is 2.54. The molecular formula is C18H17N3O2S. The highest BCUT2D eigenvalue weighted by Gasteiger charge is 2.42. The van der Waals surface area contributed by atoms with Crippen LogP contribution in [0, 0.1) is 17.6 Å². The number of aromatic amines is 2. The van der Waals surface area contributed by atoms with E-state index in [2.05, 4.69) is 15.0 Å². The molecule has 1 fully saturated rings. The van der Waals surface area contributed by atoms with Gasteiger partial charge in [-0.15, -0.1) is 0 Å². The summed E-state index contributed by atoms with van der Waals surface area (Å²) >= 11 is 5.08. The predicted molar refractivity (Wildman–Crippen MR) is 94.7 cm³/mol. The van der Waals surface area contributed by atoms with Gasteiger partial charge in [-0.1, -0.05) is 29.8 Å². The minimum Gasteiger partial charge on any atom is -0.317 e. The summed E-state index contributed by atoms with van der Waals surface area (Å²) in [5, 5.41) is 0. The van der Waals surface area contributed by atoms with Crippen LogP contribution in [0.4, 0.5) is 5.82 Å². The smallest absolute Gasteiger partial charge is 0.257 e. The first-order valence-corrected chi connectivity index (χ1v) is 8.48. The van der Waals surface area contributed by atoms with Crippen molar-refractivity contribution in [3.8, 4) is 0 Å². The van der Waals surface area contributed by atoms with Crippen molar-refractivity contribution < 1.29 is 4.79 Å². The molecule has 2 atom stereocenters. The quantitative estimate of drug-likeness (QED) is 0.782. The molecule has 1 aliphatic heterocycles. The highest BCUT2D eigenvalue weighted by atomic mass is 32.1. The molecule has 24 heavy (non-hydrogen) atoms. The monoisotopic (exact) mass is 339 g/mol. The molecule has 6 heteroatoms. The van der Waals surface area contributed by atoms with Crippen LogP contribution in [0.25, 0.3) is 0 Å².